The van der Waals surface area contributed by atoms with Gasteiger partial charge in [0, 0.05) is 0 Å². The first kappa shape index (κ1) is 22.6. The molecule has 0 bridgehead atoms. The minimum absolute atomic E-state index is 0. The van der Waals surface area contributed by atoms with Gasteiger partial charge in [0.05, 0.1) is 0 Å². The third-order valence-electron chi connectivity index (χ3n) is 0. The molecule has 48 valence electrons. The Morgan fingerprint density at radius 1 is 1.78 bits per heavy atom. The Labute approximate surface area is 94.8 Å². The quantitative estimate of drug-likeness (QED) is 0.255. The van der Waals surface area contributed by atoms with Crippen molar-refractivity contribution in [1.29, 1.82) is 5.41 Å². The predicted molar refractivity (Wildman–Crippen MR) is 45.2 cm³/mol. The zero-order valence-electron chi connectivity index (χ0n) is 4.55. The molecule has 0 aliphatic carbocycles. The van der Waals surface area contributed by atoms with Crippen LogP contribution in [-0.4, -0.2) is 48.9 Å². The maximum Gasteiger partial charge on any atom is 2.00 e. The molecule has 0 aliphatic rings. The van der Waals surface area contributed by atoms with E-state index in [-0.39, 0.29) is 50.1 Å². The van der Waals surface area contributed by atoms with E-state index < -0.39 is 5.96 Å². The molecule has 0 saturated carbocycles. The minimum atomic E-state index is -0.583. The second-order valence-electron chi connectivity index (χ2n) is 0.505. The van der Waals surface area contributed by atoms with Gasteiger partial charge in [0.2, 0.25) is 0 Å². The van der Waals surface area contributed by atoms with Crippen molar-refractivity contribution in [2.75, 3.05) is 0 Å². The Hall–Kier alpha value is 0.620. The molecule has 0 heterocycles. The number of nitrogens with one attached hydrogen (secondary N) is 2. The molecule has 0 spiro atoms. The van der Waals surface area contributed by atoms with Crippen molar-refractivity contribution in [3.8, 4) is 0 Å². The molecular weight excluding hydrogens is 188 g/mol. The first-order chi connectivity index (χ1) is 3.15. The van der Waals surface area contributed by atoms with Gasteiger partial charge in [-0.3, -0.25) is 0 Å². The van der Waals surface area contributed by atoms with Crippen molar-refractivity contribution in [2.45, 2.75) is 0 Å². The van der Waals surface area contributed by atoms with Crippen LogP contribution in [0.2, 0.25) is 0 Å². The Balaban J connectivity index is -0.0000000233. The van der Waals surface area contributed by atoms with Crippen LogP contribution in [0.5, 0.6) is 0 Å². The third-order valence-corrected chi connectivity index (χ3v) is 0. The summed E-state index contributed by atoms with van der Waals surface area (Å²) in [5.41, 5.74) is 10.3. The van der Waals surface area contributed by atoms with E-state index in [0.29, 0.717) is 0 Å². The van der Waals surface area contributed by atoms with E-state index in [1.807, 2.05) is 0 Å². The molecule has 0 amide bonds. The van der Waals surface area contributed by atoms with E-state index in [9.17, 15) is 0 Å². The fourth-order valence-electron chi connectivity index (χ4n) is 0. The van der Waals surface area contributed by atoms with Gasteiger partial charge >= 0.3 is 37.7 Å². The Bertz CT molecular complexity index is 86.6. The number of thiocarbonyl (C=S) groups is 1. The summed E-state index contributed by atoms with van der Waals surface area (Å²) in [6.07, 6.45) is 0. The normalized spacial score (nSPS) is 3.56. The maximum absolute atomic E-state index is 7.13. The summed E-state index contributed by atoms with van der Waals surface area (Å²) in [5, 5.41) is 14.4. The molecule has 7 heteroatoms. The van der Waals surface area contributed by atoms with Gasteiger partial charge < -0.3 is 22.3 Å². The zero-order valence-corrected chi connectivity index (χ0v) is 8.39. The largest absolute Gasteiger partial charge is 2.00 e. The molecule has 0 aliphatic heterocycles. The summed E-state index contributed by atoms with van der Waals surface area (Å²) in [5.74, 6) is -0.583. The standard InChI is InChI=1S/CH4N3.CNS.Ca.ClH/c2-1(3)4;2-1-3;;/h(H4-,2,3,4);;;1H/q2*-1;+2;. The van der Waals surface area contributed by atoms with Crippen LogP contribution < -0.4 is 5.73 Å². The minimum Gasteiger partial charge on any atom is -0.753 e. The monoisotopic (exact) mass is 192 g/mol. The molecule has 0 radical (unpaired) electrons. The van der Waals surface area contributed by atoms with E-state index >= 15 is 0 Å². The zero-order chi connectivity index (χ0) is 6.28. The summed E-state index contributed by atoms with van der Waals surface area (Å²) in [6.45, 7) is 0. The van der Waals surface area contributed by atoms with E-state index in [1.54, 1.807) is 0 Å². The molecule has 0 unspecified atom stereocenters. The number of hydrogen-bond acceptors (Lipinski definition) is 2. The van der Waals surface area contributed by atoms with Gasteiger partial charge in [-0.25, -0.2) is 0 Å². The number of isothiocyanates is 1. The number of guanidine groups is 1. The summed E-state index contributed by atoms with van der Waals surface area (Å²) >= 11 is 3.70. The third kappa shape index (κ3) is 983. The van der Waals surface area contributed by atoms with Crippen LogP contribution in [0.25, 0.3) is 11.1 Å². The molecule has 4 N–H and O–H groups in total. The molecule has 0 aromatic carbocycles. The molecule has 0 aromatic heterocycles. The van der Waals surface area contributed by atoms with Gasteiger partial charge in [-0.05, 0) is 5.96 Å². The van der Waals surface area contributed by atoms with Crippen molar-refractivity contribution in [3.63, 3.8) is 0 Å². The van der Waals surface area contributed by atoms with E-state index in [2.05, 4.69) is 18.0 Å². The fourth-order valence-corrected chi connectivity index (χ4v) is 0. The van der Waals surface area contributed by atoms with Crippen LogP contribution in [0.1, 0.15) is 0 Å². The van der Waals surface area contributed by atoms with E-state index in [0.717, 1.165) is 0 Å². The van der Waals surface area contributed by atoms with Crippen LogP contribution in [-0.2, 0) is 0 Å². The van der Waals surface area contributed by atoms with Crippen molar-refractivity contribution < 1.29 is 0 Å². The predicted octanol–water partition coefficient (Wildman–Crippen LogP) is 0.632. The summed E-state index contributed by atoms with van der Waals surface area (Å²) in [6, 6.07) is 0. The smallest absolute Gasteiger partial charge is 0.753 e. The average molecular weight is 193 g/mol. The molecule has 0 aromatic rings. The van der Waals surface area contributed by atoms with Crippen LogP contribution in [0.3, 0.4) is 0 Å². The van der Waals surface area contributed by atoms with Crippen molar-refractivity contribution >= 4 is 73.5 Å². The molecule has 0 fully saturated rings. The van der Waals surface area contributed by atoms with Crippen LogP contribution in [0.4, 0.5) is 0 Å². The van der Waals surface area contributed by atoms with E-state index in [1.165, 1.54) is 5.16 Å². The van der Waals surface area contributed by atoms with Gasteiger partial charge in [0.1, 0.15) is 0 Å². The van der Waals surface area contributed by atoms with Gasteiger partial charge in [0.15, 0.2) is 0 Å². The Kier molecular flexibility index (Phi) is 59.0. The number of nitrogens with two attached hydrogens (primary N) is 1. The van der Waals surface area contributed by atoms with Crippen molar-refractivity contribution in [3.05, 3.63) is 11.1 Å². The van der Waals surface area contributed by atoms with Crippen LogP contribution >= 0.6 is 24.6 Å². The molecule has 0 rings (SSSR count). The molecular formula is C2H5CaClN4S. The van der Waals surface area contributed by atoms with Gasteiger partial charge in [0.25, 0.3) is 0 Å². The van der Waals surface area contributed by atoms with Crippen molar-refractivity contribution in [2.24, 2.45) is 5.73 Å². The van der Waals surface area contributed by atoms with E-state index in [4.69, 9.17) is 16.6 Å². The summed E-state index contributed by atoms with van der Waals surface area (Å²) in [7, 11) is 0. The van der Waals surface area contributed by atoms with Crippen LogP contribution in [0, 0.1) is 5.41 Å². The molecule has 9 heavy (non-hydrogen) atoms. The Morgan fingerprint density at radius 2 is 1.78 bits per heavy atom. The topological polar surface area (TPSA) is 96.0 Å². The average Bonchev–Trinajstić information content (AvgIpc) is 1.33. The summed E-state index contributed by atoms with van der Waals surface area (Å²) < 4.78 is 0. The van der Waals surface area contributed by atoms with Gasteiger partial charge in [-0.1, -0.05) is 12.2 Å². The molecule has 0 atom stereocenters. The Morgan fingerprint density at radius 3 is 1.78 bits per heavy atom. The summed E-state index contributed by atoms with van der Waals surface area (Å²) in [4.78, 5) is 0. The number of halogens is 1. The van der Waals surface area contributed by atoms with Crippen molar-refractivity contribution in [1.82, 2.24) is 0 Å². The number of rotatable bonds is 0. The maximum atomic E-state index is 7.13. The number of nitrogens with zero attached hydrogens (tertiary/aromatic N) is 1. The second-order valence-corrected chi connectivity index (χ2v) is 0.688. The van der Waals surface area contributed by atoms with Crippen LogP contribution in [0.15, 0.2) is 0 Å². The molecule has 0 saturated heterocycles. The van der Waals surface area contributed by atoms with Gasteiger partial charge in [-0.2, -0.15) is 5.16 Å². The first-order valence-electron chi connectivity index (χ1n) is 1.22. The SMILES string of the molecule is Cl.N=C([NH-])N.[Ca+2].[N-]=C=S. The van der Waals surface area contributed by atoms with Gasteiger partial charge in [-0.15, -0.1) is 12.4 Å². The molecule has 4 nitrogen and oxygen atoms in total. The fraction of sp³-hybridized carbons (Fsp3) is 0. The first-order valence-corrected chi connectivity index (χ1v) is 1.62. The second kappa shape index (κ2) is 23.4. The number of hydrogen-bond donors (Lipinski definition) is 2.